The molecule has 1 saturated carbocycles. The van der Waals surface area contributed by atoms with E-state index < -0.39 is 47.1 Å². The van der Waals surface area contributed by atoms with Gasteiger partial charge in [-0.15, -0.1) is 5.10 Å². The maximum atomic E-state index is 14.8. The van der Waals surface area contributed by atoms with Crippen molar-refractivity contribution in [2.75, 3.05) is 13.2 Å². The lowest BCUT2D eigenvalue weighted by molar-refractivity contribution is -0.265. The largest absolute Gasteiger partial charge is 0.489 e. The van der Waals surface area contributed by atoms with Crippen LogP contribution in [0.4, 0.5) is 17.6 Å². The summed E-state index contributed by atoms with van der Waals surface area (Å²) in [6, 6.07) is 10.1. The fraction of sp³-hybridized carbons (Fsp3) is 0.323. The Morgan fingerprint density at radius 3 is 2.49 bits per heavy atom. The predicted molar refractivity (Wildman–Crippen MR) is 152 cm³/mol. The van der Waals surface area contributed by atoms with Gasteiger partial charge in [0.25, 0.3) is 5.91 Å². The molecular weight excluding hydrogens is 598 g/mol. The third kappa shape index (κ3) is 5.39. The molecule has 4 aromatic rings. The second-order valence-corrected chi connectivity index (χ2v) is 11.5. The van der Waals surface area contributed by atoms with E-state index in [9.17, 15) is 32.3 Å². The van der Waals surface area contributed by atoms with E-state index in [4.69, 9.17) is 15.2 Å². The minimum atomic E-state index is -5.36. The molecule has 10 nitrogen and oxygen atoms in total. The number of primary amides is 1. The van der Waals surface area contributed by atoms with Crippen LogP contribution < -0.4 is 20.5 Å². The van der Waals surface area contributed by atoms with Crippen LogP contribution in [0, 0.1) is 12.7 Å². The number of hydrogen-bond acceptors (Lipinski definition) is 8. The van der Waals surface area contributed by atoms with Crippen LogP contribution in [-0.4, -0.2) is 57.5 Å². The number of aromatic nitrogens is 3. The molecule has 1 aliphatic carbocycles. The quantitative estimate of drug-likeness (QED) is 0.249. The Kier molecular flexibility index (Phi) is 7.14. The third-order valence-corrected chi connectivity index (χ3v) is 7.99. The molecule has 2 aliphatic rings. The number of carbonyl (C=O) groups excluding carboxylic acids is 2. The smallest absolute Gasteiger partial charge is 0.424 e. The van der Waals surface area contributed by atoms with E-state index in [1.807, 2.05) is 0 Å². The summed E-state index contributed by atoms with van der Waals surface area (Å²) in [6.07, 6.45) is -3.81. The lowest BCUT2D eigenvalue weighted by Crippen LogP contribution is -2.51. The molecular formula is C31H27F4N5O5. The number of ether oxygens (including phenoxy) is 2. The Labute approximate surface area is 253 Å². The van der Waals surface area contributed by atoms with E-state index >= 15 is 0 Å². The number of carbonyl (C=O) groups is 2. The number of hydrogen-bond donors (Lipinski definition) is 3. The van der Waals surface area contributed by atoms with Crippen LogP contribution in [0.1, 0.15) is 47.1 Å². The Morgan fingerprint density at radius 2 is 1.84 bits per heavy atom. The number of halogens is 4. The summed E-state index contributed by atoms with van der Waals surface area (Å²) in [5, 5.41) is 22.1. The van der Waals surface area contributed by atoms with Crippen molar-refractivity contribution < 1.29 is 41.7 Å². The van der Waals surface area contributed by atoms with Crippen LogP contribution in [0.5, 0.6) is 11.5 Å². The molecule has 0 radical (unpaired) electrons. The highest BCUT2D eigenvalue weighted by Crippen LogP contribution is 2.47. The van der Waals surface area contributed by atoms with E-state index in [1.54, 1.807) is 13.0 Å². The molecule has 2 aromatic heterocycles. The SMILES string of the molecule is Cc1cc2cc(C(=O)NCC(O)(c3cc4c(c(-c5ccc(F)cc5)n3)OC[C@]4(C)C(N)=O)C(F)(F)F)cc(OC3CC3)c2nn1. The minimum Gasteiger partial charge on any atom is -0.489 e. The Bertz CT molecular complexity index is 1850. The fourth-order valence-corrected chi connectivity index (χ4v) is 5.06. The number of aryl methyl sites for hydroxylation is 1. The molecule has 45 heavy (non-hydrogen) atoms. The van der Waals surface area contributed by atoms with Crippen molar-refractivity contribution >= 4 is 22.7 Å². The van der Waals surface area contributed by atoms with Gasteiger partial charge in [-0.2, -0.15) is 18.3 Å². The van der Waals surface area contributed by atoms with Gasteiger partial charge in [-0.25, -0.2) is 9.37 Å². The second kappa shape index (κ2) is 10.6. The van der Waals surface area contributed by atoms with Crippen molar-refractivity contribution in [3.63, 3.8) is 0 Å². The van der Waals surface area contributed by atoms with E-state index in [1.165, 1.54) is 31.2 Å². The topological polar surface area (TPSA) is 150 Å². The zero-order chi connectivity index (χ0) is 32.3. The first-order chi connectivity index (χ1) is 21.2. The van der Waals surface area contributed by atoms with Crippen molar-refractivity contribution in [3.8, 4) is 22.8 Å². The van der Waals surface area contributed by atoms with Gasteiger partial charge in [0.15, 0.2) is 0 Å². The minimum absolute atomic E-state index is 0.0290. The van der Waals surface area contributed by atoms with Gasteiger partial charge in [0, 0.05) is 22.1 Å². The first-order valence-electron chi connectivity index (χ1n) is 14.0. The maximum Gasteiger partial charge on any atom is 0.424 e. The average molecular weight is 626 g/mol. The van der Waals surface area contributed by atoms with E-state index in [2.05, 4.69) is 20.5 Å². The number of benzene rings is 2. The van der Waals surface area contributed by atoms with Gasteiger partial charge in [0.2, 0.25) is 11.5 Å². The Balaban J connectivity index is 1.40. The van der Waals surface area contributed by atoms with Gasteiger partial charge in [-0.3, -0.25) is 9.59 Å². The second-order valence-electron chi connectivity index (χ2n) is 11.5. The number of fused-ring (bicyclic) bond motifs is 2. The number of alkyl halides is 3. The van der Waals surface area contributed by atoms with Crippen molar-refractivity contribution in [1.82, 2.24) is 20.5 Å². The lowest BCUT2D eigenvalue weighted by Gasteiger charge is -2.31. The van der Waals surface area contributed by atoms with Gasteiger partial charge < -0.3 is 25.6 Å². The van der Waals surface area contributed by atoms with Crippen molar-refractivity contribution in [1.29, 1.82) is 0 Å². The van der Waals surface area contributed by atoms with Crippen LogP contribution in [0.2, 0.25) is 0 Å². The molecule has 2 atom stereocenters. The van der Waals surface area contributed by atoms with Gasteiger partial charge in [-0.1, -0.05) is 0 Å². The van der Waals surface area contributed by atoms with Gasteiger partial charge in [0.05, 0.1) is 24.0 Å². The van der Waals surface area contributed by atoms with Gasteiger partial charge in [0.1, 0.15) is 40.5 Å². The molecule has 14 heteroatoms. The van der Waals surface area contributed by atoms with Crippen LogP contribution >= 0.6 is 0 Å². The number of nitrogens with zero attached hydrogens (tertiary/aromatic N) is 3. The number of aliphatic hydroxyl groups is 1. The first kappa shape index (κ1) is 30.2. The number of nitrogens with two attached hydrogens (primary N) is 1. The molecule has 1 aliphatic heterocycles. The van der Waals surface area contributed by atoms with Crippen molar-refractivity contribution in [2.24, 2.45) is 5.73 Å². The van der Waals surface area contributed by atoms with E-state index in [-0.39, 0.29) is 46.6 Å². The molecule has 234 valence electrons. The highest BCUT2D eigenvalue weighted by Gasteiger charge is 2.57. The monoisotopic (exact) mass is 625 g/mol. The molecule has 6 rings (SSSR count). The predicted octanol–water partition coefficient (Wildman–Crippen LogP) is 4.00. The molecule has 4 N–H and O–H groups in total. The van der Waals surface area contributed by atoms with E-state index in [0.717, 1.165) is 31.0 Å². The average Bonchev–Trinajstić information content (AvgIpc) is 3.74. The summed E-state index contributed by atoms with van der Waals surface area (Å²) < 4.78 is 69.5. The van der Waals surface area contributed by atoms with Crippen LogP contribution in [0.15, 0.2) is 48.5 Å². The molecule has 2 amide bonds. The summed E-state index contributed by atoms with van der Waals surface area (Å²) in [4.78, 5) is 29.9. The van der Waals surface area contributed by atoms with Gasteiger partial charge in [-0.05, 0) is 75.2 Å². The zero-order valence-corrected chi connectivity index (χ0v) is 24.0. The highest BCUT2D eigenvalue weighted by molar-refractivity contribution is 6.00. The fourth-order valence-electron chi connectivity index (χ4n) is 5.06. The molecule has 1 unspecified atom stereocenters. The number of amides is 2. The van der Waals surface area contributed by atoms with Crippen LogP contribution in [-0.2, 0) is 15.8 Å². The molecule has 0 bridgehead atoms. The lowest BCUT2D eigenvalue weighted by atomic mass is 9.81. The third-order valence-electron chi connectivity index (χ3n) is 7.99. The molecule has 0 saturated heterocycles. The molecule has 0 spiro atoms. The Morgan fingerprint density at radius 1 is 1.13 bits per heavy atom. The summed E-state index contributed by atoms with van der Waals surface area (Å²) in [6.45, 7) is 1.45. The summed E-state index contributed by atoms with van der Waals surface area (Å²) in [5.74, 6) is -2.19. The normalized spacial score (nSPS) is 19.0. The summed E-state index contributed by atoms with van der Waals surface area (Å²) in [7, 11) is 0. The highest BCUT2D eigenvalue weighted by atomic mass is 19.4. The van der Waals surface area contributed by atoms with Crippen molar-refractivity contribution in [2.45, 2.75) is 50.0 Å². The van der Waals surface area contributed by atoms with E-state index in [0.29, 0.717) is 16.6 Å². The van der Waals surface area contributed by atoms with Gasteiger partial charge >= 0.3 is 6.18 Å². The number of pyridine rings is 1. The van der Waals surface area contributed by atoms with Crippen molar-refractivity contribution in [3.05, 3.63) is 76.9 Å². The first-order valence-corrected chi connectivity index (χ1v) is 14.0. The number of nitrogens with one attached hydrogen (secondary N) is 1. The number of rotatable bonds is 8. The summed E-state index contributed by atoms with van der Waals surface area (Å²) in [5.41, 5.74) is 0.248. The molecule has 3 heterocycles. The van der Waals surface area contributed by atoms with Crippen LogP contribution in [0.25, 0.3) is 22.2 Å². The summed E-state index contributed by atoms with van der Waals surface area (Å²) >= 11 is 0. The standard InChI is InChI=1S/C31H27F4N5O5/c1-15-9-17-10-18(11-22(24(17)40-39-15)45-20-7-8-20)27(41)37-13-30(43,31(33,34)35)23-12-21-26(44-14-29(21,2)28(36)42)25(38-23)16-3-5-19(32)6-4-16/h3-6,9-12,20,43H,7-8,13-14H2,1-2H3,(H2,36,42)(H,37,41)/t29-,30?/m0/s1. The Hall–Kier alpha value is -4.85. The maximum absolute atomic E-state index is 14.8. The molecule has 2 aromatic carbocycles. The molecule has 1 fully saturated rings. The van der Waals surface area contributed by atoms with Crippen LogP contribution in [0.3, 0.4) is 0 Å². The zero-order valence-electron chi connectivity index (χ0n) is 24.0.